The van der Waals surface area contributed by atoms with Crippen LogP contribution in [-0.2, 0) is 20.1 Å². The number of pyridine rings is 1. The second kappa shape index (κ2) is 7.61. The van der Waals surface area contributed by atoms with Gasteiger partial charge in [-0.15, -0.1) is 0 Å². The van der Waals surface area contributed by atoms with E-state index in [1.165, 1.54) is 0 Å². The lowest BCUT2D eigenvalue weighted by Crippen LogP contribution is -2.13. The molecule has 0 saturated carbocycles. The van der Waals surface area contributed by atoms with Gasteiger partial charge >= 0.3 is 0 Å². The Morgan fingerprint density at radius 1 is 1.08 bits per heavy atom. The van der Waals surface area contributed by atoms with Crippen molar-refractivity contribution in [3.63, 3.8) is 0 Å². The van der Waals surface area contributed by atoms with Crippen LogP contribution >= 0.6 is 0 Å². The second-order valence-corrected chi connectivity index (χ2v) is 5.35. The minimum absolute atomic E-state index is 0.570. The number of aryl methyl sites for hydroxylation is 1. The zero-order chi connectivity index (χ0) is 16.8. The van der Waals surface area contributed by atoms with Crippen LogP contribution < -0.4 is 14.8 Å². The SMILES string of the molecule is COc1ccccc1Oc1ncccc1CNCc1cnn(C)c1. The van der Waals surface area contributed by atoms with Gasteiger partial charge < -0.3 is 14.8 Å². The Kier molecular flexibility index (Phi) is 5.08. The molecule has 0 amide bonds. The molecule has 1 N–H and O–H groups in total. The summed E-state index contributed by atoms with van der Waals surface area (Å²) in [6, 6.07) is 11.4. The topological polar surface area (TPSA) is 61.2 Å². The predicted octanol–water partition coefficient (Wildman–Crippen LogP) is 2.91. The van der Waals surface area contributed by atoms with Gasteiger partial charge in [0.1, 0.15) is 0 Å². The summed E-state index contributed by atoms with van der Waals surface area (Å²) in [4.78, 5) is 4.34. The predicted molar refractivity (Wildman–Crippen MR) is 91.1 cm³/mol. The van der Waals surface area contributed by atoms with Crippen LogP contribution in [0.1, 0.15) is 11.1 Å². The zero-order valence-corrected chi connectivity index (χ0v) is 13.8. The van der Waals surface area contributed by atoms with Gasteiger partial charge in [0, 0.05) is 43.7 Å². The van der Waals surface area contributed by atoms with Crippen LogP contribution in [0.25, 0.3) is 0 Å². The molecule has 0 spiro atoms. The summed E-state index contributed by atoms with van der Waals surface area (Å²) in [6.07, 6.45) is 5.56. The van der Waals surface area contributed by atoms with Crippen LogP contribution in [-0.4, -0.2) is 21.9 Å². The molecular formula is C18H20N4O2. The highest BCUT2D eigenvalue weighted by atomic mass is 16.5. The Hall–Kier alpha value is -2.86. The number of nitrogens with zero attached hydrogens (tertiary/aromatic N) is 3. The first-order valence-electron chi connectivity index (χ1n) is 7.69. The number of methoxy groups -OCH3 is 1. The van der Waals surface area contributed by atoms with Gasteiger partial charge in [0.15, 0.2) is 11.5 Å². The average molecular weight is 324 g/mol. The molecule has 0 aliphatic carbocycles. The molecule has 3 rings (SSSR count). The van der Waals surface area contributed by atoms with E-state index in [0.717, 1.165) is 17.7 Å². The normalized spacial score (nSPS) is 10.6. The number of rotatable bonds is 7. The van der Waals surface area contributed by atoms with Gasteiger partial charge in [0.25, 0.3) is 0 Å². The second-order valence-electron chi connectivity index (χ2n) is 5.35. The van der Waals surface area contributed by atoms with Crippen molar-refractivity contribution >= 4 is 0 Å². The summed E-state index contributed by atoms with van der Waals surface area (Å²) in [5.41, 5.74) is 2.11. The maximum absolute atomic E-state index is 5.95. The highest BCUT2D eigenvalue weighted by molar-refractivity contribution is 5.42. The van der Waals surface area contributed by atoms with Crippen LogP contribution in [0, 0.1) is 0 Å². The molecule has 0 radical (unpaired) electrons. The number of nitrogens with one attached hydrogen (secondary N) is 1. The summed E-state index contributed by atoms with van der Waals surface area (Å²) in [7, 11) is 3.53. The zero-order valence-electron chi connectivity index (χ0n) is 13.8. The van der Waals surface area contributed by atoms with E-state index in [1.807, 2.05) is 55.8 Å². The Morgan fingerprint density at radius 3 is 2.67 bits per heavy atom. The molecule has 6 nitrogen and oxygen atoms in total. The molecule has 0 unspecified atom stereocenters. The number of hydrogen-bond donors (Lipinski definition) is 1. The molecule has 1 aromatic carbocycles. The first-order valence-corrected chi connectivity index (χ1v) is 7.69. The Labute approximate surface area is 141 Å². The smallest absolute Gasteiger partial charge is 0.223 e. The summed E-state index contributed by atoms with van der Waals surface area (Å²) in [6.45, 7) is 1.38. The summed E-state index contributed by atoms with van der Waals surface area (Å²) in [5, 5.41) is 7.54. The molecule has 2 aromatic heterocycles. The number of benzene rings is 1. The van der Waals surface area contributed by atoms with Gasteiger partial charge in [0.2, 0.25) is 5.88 Å². The Balaban J connectivity index is 1.68. The van der Waals surface area contributed by atoms with E-state index in [0.29, 0.717) is 23.9 Å². The molecule has 0 bridgehead atoms. The van der Waals surface area contributed by atoms with E-state index >= 15 is 0 Å². The third kappa shape index (κ3) is 3.91. The van der Waals surface area contributed by atoms with Gasteiger partial charge in [0.05, 0.1) is 13.3 Å². The van der Waals surface area contributed by atoms with E-state index in [-0.39, 0.29) is 0 Å². The fraction of sp³-hybridized carbons (Fsp3) is 0.222. The number of aromatic nitrogens is 3. The molecule has 0 fully saturated rings. The van der Waals surface area contributed by atoms with Crippen molar-refractivity contribution in [3.8, 4) is 17.4 Å². The van der Waals surface area contributed by atoms with Gasteiger partial charge in [-0.05, 0) is 18.2 Å². The summed E-state index contributed by atoms with van der Waals surface area (Å²) >= 11 is 0. The first kappa shape index (κ1) is 16.0. The van der Waals surface area contributed by atoms with Gasteiger partial charge in [-0.3, -0.25) is 4.68 Å². The lowest BCUT2D eigenvalue weighted by molar-refractivity contribution is 0.372. The third-order valence-corrected chi connectivity index (χ3v) is 3.53. The molecule has 124 valence electrons. The monoisotopic (exact) mass is 324 g/mol. The minimum Gasteiger partial charge on any atom is -0.493 e. The number of hydrogen-bond acceptors (Lipinski definition) is 5. The molecule has 0 atom stereocenters. The van der Waals surface area contributed by atoms with Gasteiger partial charge in [-0.25, -0.2) is 4.98 Å². The van der Waals surface area contributed by atoms with Gasteiger partial charge in [-0.1, -0.05) is 18.2 Å². The van der Waals surface area contributed by atoms with E-state index in [2.05, 4.69) is 15.4 Å². The van der Waals surface area contributed by atoms with Crippen molar-refractivity contribution in [1.82, 2.24) is 20.1 Å². The molecule has 6 heteroatoms. The third-order valence-electron chi connectivity index (χ3n) is 3.53. The maximum Gasteiger partial charge on any atom is 0.223 e. The van der Waals surface area contributed by atoms with Crippen LogP contribution in [0.3, 0.4) is 0 Å². The van der Waals surface area contributed by atoms with Crippen LogP contribution in [0.5, 0.6) is 17.4 Å². The lowest BCUT2D eigenvalue weighted by atomic mass is 10.2. The molecular weight excluding hydrogens is 304 g/mol. The van der Waals surface area contributed by atoms with Crippen molar-refractivity contribution in [3.05, 3.63) is 66.1 Å². The Bertz CT molecular complexity index is 801. The van der Waals surface area contributed by atoms with Crippen LogP contribution in [0.4, 0.5) is 0 Å². The minimum atomic E-state index is 0.570. The van der Waals surface area contributed by atoms with Crippen molar-refractivity contribution in [1.29, 1.82) is 0 Å². The van der Waals surface area contributed by atoms with Crippen molar-refractivity contribution < 1.29 is 9.47 Å². The highest BCUT2D eigenvalue weighted by Crippen LogP contribution is 2.31. The largest absolute Gasteiger partial charge is 0.493 e. The maximum atomic E-state index is 5.95. The van der Waals surface area contributed by atoms with Gasteiger partial charge in [-0.2, -0.15) is 5.10 Å². The summed E-state index contributed by atoms with van der Waals surface area (Å²) < 4.78 is 13.1. The van der Waals surface area contributed by atoms with E-state index < -0.39 is 0 Å². The van der Waals surface area contributed by atoms with Crippen LogP contribution in [0.2, 0.25) is 0 Å². The number of para-hydroxylation sites is 2. The van der Waals surface area contributed by atoms with Crippen molar-refractivity contribution in [2.75, 3.05) is 7.11 Å². The van der Waals surface area contributed by atoms with E-state index in [4.69, 9.17) is 9.47 Å². The Morgan fingerprint density at radius 2 is 1.92 bits per heavy atom. The van der Waals surface area contributed by atoms with E-state index in [9.17, 15) is 0 Å². The van der Waals surface area contributed by atoms with Crippen molar-refractivity contribution in [2.45, 2.75) is 13.1 Å². The average Bonchev–Trinajstić information content (AvgIpc) is 3.02. The quantitative estimate of drug-likeness (QED) is 0.724. The standard InChI is InChI=1S/C18H20N4O2/c1-22-13-14(11-21-22)10-19-12-15-6-5-9-20-18(15)24-17-8-4-3-7-16(17)23-2/h3-9,11,13,19H,10,12H2,1-2H3. The lowest BCUT2D eigenvalue weighted by Gasteiger charge is -2.12. The fourth-order valence-electron chi connectivity index (χ4n) is 2.36. The van der Waals surface area contributed by atoms with Crippen molar-refractivity contribution in [2.24, 2.45) is 7.05 Å². The highest BCUT2D eigenvalue weighted by Gasteiger charge is 2.09. The summed E-state index contributed by atoms with van der Waals surface area (Å²) in [5.74, 6) is 1.89. The van der Waals surface area contributed by atoms with Crippen LogP contribution in [0.15, 0.2) is 55.0 Å². The molecule has 0 saturated heterocycles. The molecule has 0 aliphatic heterocycles. The molecule has 24 heavy (non-hydrogen) atoms. The first-order chi connectivity index (χ1) is 11.8. The van der Waals surface area contributed by atoms with E-state index in [1.54, 1.807) is 18.0 Å². The number of ether oxygens (including phenoxy) is 2. The molecule has 3 aromatic rings. The molecule has 0 aliphatic rings. The fourth-order valence-corrected chi connectivity index (χ4v) is 2.36. The molecule has 2 heterocycles.